The zero-order chi connectivity index (χ0) is 23.5. The predicted molar refractivity (Wildman–Crippen MR) is 131 cm³/mol. The number of hydrogen-bond donors (Lipinski definition) is 0. The first-order valence-electron chi connectivity index (χ1n) is 12.2. The predicted octanol–water partition coefficient (Wildman–Crippen LogP) is 3.99. The molecule has 1 aliphatic rings. The summed E-state index contributed by atoms with van der Waals surface area (Å²) in [7, 11) is 2.04. The second kappa shape index (κ2) is 9.75. The number of aryl methyl sites for hydroxylation is 2. The topological polar surface area (TPSA) is 85.9 Å². The molecule has 0 spiro atoms. The Morgan fingerprint density at radius 2 is 1.79 bits per heavy atom. The zero-order valence-electron chi connectivity index (χ0n) is 19.6. The van der Waals surface area contributed by atoms with E-state index in [4.69, 9.17) is 4.98 Å². The lowest BCUT2D eigenvalue weighted by molar-refractivity contribution is -0.135. The molecule has 5 rings (SSSR count). The van der Waals surface area contributed by atoms with E-state index in [9.17, 15) is 9.59 Å². The minimum Gasteiger partial charge on any atom is -0.333 e. The molecular formula is C26H30N6O2. The molecule has 0 N–H and O–H groups in total. The molecule has 0 radical (unpaired) electrons. The van der Waals surface area contributed by atoms with Crippen molar-refractivity contribution in [1.29, 1.82) is 0 Å². The van der Waals surface area contributed by atoms with Crippen molar-refractivity contribution in [3.05, 3.63) is 64.7 Å². The number of fused-ring (bicyclic) bond motifs is 2. The summed E-state index contributed by atoms with van der Waals surface area (Å²) in [5.41, 5.74) is 2.58. The van der Waals surface area contributed by atoms with Gasteiger partial charge in [-0.3, -0.25) is 9.59 Å². The Hall–Kier alpha value is -3.55. The van der Waals surface area contributed by atoms with Gasteiger partial charge < -0.3 is 9.47 Å². The van der Waals surface area contributed by atoms with E-state index in [1.165, 1.54) is 4.68 Å². The van der Waals surface area contributed by atoms with Crippen LogP contribution in [0, 0.1) is 0 Å². The fourth-order valence-corrected chi connectivity index (χ4v) is 4.99. The van der Waals surface area contributed by atoms with Crippen molar-refractivity contribution in [3.8, 4) is 0 Å². The van der Waals surface area contributed by atoms with Crippen molar-refractivity contribution in [2.24, 2.45) is 7.05 Å². The van der Waals surface area contributed by atoms with E-state index in [0.717, 1.165) is 61.9 Å². The van der Waals surface area contributed by atoms with Gasteiger partial charge in [-0.1, -0.05) is 35.9 Å². The SMILES string of the molecule is Cn1c([C@@H]2CCCCN2C(=O)CCCCCn2nnc3ccccc3c2=O)nc2ccccc21. The van der Waals surface area contributed by atoms with Crippen LogP contribution in [0.2, 0.25) is 0 Å². The van der Waals surface area contributed by atoms with Gasteiger partial charge in [-0.2, -0.15) is 0 Å². The number of aromatic nitrogens is 5. The molecule has 1 amide bonds. The van der Waals surface area contributed by atoms with E-state index in [0.29, 0.717) is 23.9 Å². The Morgan fingerprint density at radius 1 is 1.00 bits per heavy atom. The maximum atomic E-state index is 13.2. The maximum Gasteiger partial charge on any atom is 0.277 e. The Labute approximate surface area is 198 Å². The minimum absolute atomic E-state index is 0.0325. The third-order valence-corrected chi connectivity index (χ3v) is 6.83. The van der Waals surface area contributed by atoms with Gasteiger partial charge in [-0.25, -0.2) is 9.67 Å². The summed E-state index contributed by atoms with van der Waals surface area (Å²) in [5.74, 6) is 1.17. The first-order chi connectivity index (χ1) is 16.6. The number of amides is 1. The Balaban J connectivity index is 1.18. The summed E-state index contributed by atoms with van der Waals surface area (Å²) in [6.45, 7) is 1.30. The van der Waals surface area contributed by atoms with Crippen molar-refractivity contribution in [1.82, 2.24) is 29.4 Å². The molecule has 0 saturated carbocycles. The van der Waals surface area contributed by atoms with Crippen LogP contribution >= 0.6 is 0 Å². The van der Waals surface area contributed by atoms with Gasteiger partial charge in [0.15, 0.2) is 0 Å². The van der Waals surface area contributed by atoms with Crippen LogP contribution in [-0.2, 0) is 18.4 Å². The van der Waals surface area contributed by atoms with Gasteiger partial charge >= 0.3 is 0 Å². The number of rotatable bonds is 7. The fourth-order valence-electron chi connectivity index (χ4n) is 4.99. The van der Waals surface area contributed by atoms with Crippen LogP contribution in [0.25, 0.3) is 21.9 Å². The normalized spacial score (nSPS) is 16.4. The van der Waals surface area contributed by atoms with E-state index in [1.54, 1.807) is 12.1 Å². The minimum atomic E-state index is -0.111. The molecule has 4 aromatic rings. The lowest BCUT2D eigenvalue weighted by atomic mass is 10.0. The summed E-state index contributed by atoms with van der Waals surface area (Å²) in [4.78, 5) is 32.6. The standard InChI is InChI=1S/C26H30N6O2/c1-30-22-14-7-6-13-21(22)27-25(30)23-15-8-10-17-31(23)24(33)16-3-2-9-18-32-26(34)19-11-4-5-12-20(19)28-29-32/h4-7,11-14,23H,2-3,8-10,15-18H2,1H3/t23-/m0/s1. The Kier molecular flexibility index (Phi) is 6.38. The van der Waals surface area contributed by atoms with Gasteiger partial charge in [-0.05, 0) is 56.4 Å². The zero-order valence-corrected chi connectivity index (χ0v) is 19.6. The molecule has 8 heteroatoms. The highest BCUT2D eigenvalue weighted by molar-refractivity contribution is 5.78. The van der Waals surface area contributed by atoms with Crippen molar-refractivity contribution in [2.75, 3.05) is 6.54 Å². The summed E-state index contributed by atoms with van der Waals surface area (Å²) in [5, 5.41) is 8.78. The first-order valence-corrected chi connectivity index (χ1v) is 12.2. The molecule has 8 nitrogen and oxygen atoms in total. The number of likely N-dealkylation sites (tertiary alicyclic amines) is 1. The quantitative estimate of drug-likeness (QED) is 0.391. The lowest BCUT2D eigenvalue weighted by Crippen LogP contribution is -2.39. The van der Waals surface area contributed by atoms with Crippen LogP contribution < -0.4 is 5.56 Å². The number of imidazole rings is 1. The average Bonchev–Trinajstić information content (AvgIpc) is 3.21. The maximum absolute atomic E-state index is 13.2. The smallest absolute Gasteiger partial charge is 0.277 e. The fraction of sp³-hybridized carbons (Fsp3) is 0.423. The molecule has 0 bridgehead atoms. The number of hydrogen-bond acceptors (Lipinski definition) is 5. The van der Waals surface area contributed by atoms with Crippen molar-refractivity contribution in [2.45, 2.75) is 57.5 Å². The number of piperidine rings is 1. The van der Waals surface area contributed by atoms with Gasteiger partial charge in [0.1, 0.15) is 11.3 Å². The number of carbonyl (C=O) groups excluding carboxylic acids is 1. The van der Waals surface area contributed by atoms with Gasteiger partial charge in [0.2, 0.25) is 5.91 Å². The third-order valence-electron chi connectivity index (χ3n) is 6.83. The molecule has 176 valence electrons. The summed E-state index contributed by atoms with van der Waals surface area (Å²) in [6.07, 6.45) is 6.05. The van der Waals surface area contributed by atoms with E-state index < -0.39 is 0 Å². The third kappa shape index (κ3) is 4.32. The first kappa shape index (κ1) is 22.3. The van der Waals surface area contributed by atoms with Crippen molar-refractivity contribution < 1.29 is 4.79 Å². The summed E-state index contributed by atoms with van der Waals surface area (Å²) >= 11 is 0. The number of para-hydroxylation sites is 2. The molecule has 0 aliphatic carbocycles. The molecule has 1 aliphatic heterocycles. The van der Waals surface area contributed by atoms with Gasteiger partial charge in [0.25, 0.3) is 5.56 Å². The van der Waals surface area contributed by atoms with Crippen LogP contribution in [-0.4, -0.2) is 41.9 Å². The highest BCUT2D eigenvalue weighted by atomic mass is 16.2. The largest absolute Gasteiger partial charge is 0.333 e. The number of carbonyl (C=O) groups is 1. The van der Waals surface area contributed by atoms with Crippen molar-refractivity contribution >= 4 is 27.8 Å². The molecule has 2 aromatic heterocycles. The molecule has 34 heavy (non-hydrogen) atoms. The second-order valence-corrected chi connectivity index (χ2v) is 9.06. The Bertz CT molecular complexity index is 1370. The number of unbranched alkanes of at least 4 members (excludes halogenated alkanes) is 2. The molecule has 3 heterocycles. The second-order valence-electron chi connectivity index (χ2n) is 9.06. The summed E-state index contributed by atoms with van der Waals surface area (Å²) < 4.78 is 3.56. The molecular weight excluding hydrogens is 428 g/mol. The van der Waals surface area contributed by atoms with Gasteiger partial charge in [0, 0.05) is 26.6 Å². The molecule has 1 atom stereocenters. The molecule has 0 unspecified atom stereocenters. The van der Waals surface area contributed by atoms with Crippen LogP contribution in [0.1, 0.15) is 56.8 Å². The van der Waals surface area contributed by atoms with Crippen LogP contribution in [0.4, 0.5) is 0 Å². The number of nitrogens with zero attached hydrogens (tertiary/aromatic N) is 6. The van der Waals surface area contributed by atoms with Crippen LogP contribution in [0.5, 0.6) is 0 Å². The highest BCUT2D eigenvalue weighted by Gasteiger charge is 2.30. The lowest BCUT2D eigenvalue weighted by Gasteiger charge is -2.35. The highest BCUT2D eigenvalue weighted by Crippen LogP contribution is 2.32. The monoisotopic (exact) mass is 458 g/mol. The van der Waals surface area contributed by atoms with Crippen LogP contribution in [0.3, 0.4) is 0 Å². The Morgan fingerprint density at radius 3 is 2.65 bits per heavy atom. The molecule has 1 saturated heterocycles. The summed E-state index contributed by atoms with van der Waals surface area (Å²) in [6, 6.07) is 15.4. The van der Waals surface area contributed by atoms with E-state index in [1.807, 2.05) is 42.3 Å². The molecule has 2 aromatic carbocycles. The van der Waals surface area contributed by atoms with E-state index >= 15 is 0 Å². The van der Waals surface area contributed by atoms with Crippen molar-refractivity contribution in [3.63, 3.8) is 0 Å². The van der Waals surface area contributed by atoms with Gasteiger partial charge in [-0.15, -0.1) is 5.10 Å². The molecule has 1 fully saturated rings. The van der Waals surface area contributed by atoms with Crippen LogP contribution in [0.15, 0.2) is 53.3 Å². The van der Waals surface area contributed by atoms with E-state index in [2.05, 4.69) is 20.9 Å². The van der Waals surface area contributed by atoms with E-state index in [-0.39, 0.29) is 17.5 Å². The van der Waals surface area contributed by atoms with Gasteiger partial charge in [0.05, 0.1) is 22.5 Å². The number of benzene rings is 2. The average molecular weight is 459 g/mol.